The second-order valence-electron chi connectivity index (χ2n) is 7.59. The van der Waals surface area contributed by atoms with Crippen LogP contribution in [-0.4, -0.2) is 32.4 Å². The molecule has 2 atom stereocenters. The maximum Gasteiger partial charge on any atom is 0.262 e. The monoisotopic (exact) mass is 439 g/mol. The number of carbonyl (C=O) groups is 1. The van der Waals surface area contributed by atoms with Crippen LogP contribution >= 0.6 is 11.8 Å². The zero-order valence-corrected chi connectivity index (χ0v) is 19.0. The minimum absolute atomic E-state index is 0.0220. The van der Waals surface area contributed by atoms with Gasteiger partial charge in [-0.15, -0.1) is 0 Å². The Kier molecular flexibility index (Phi) is 7.87. The summed E-state index contributed by atoms with van der Waals surface area (Å²) in [6, 6.07) is 15.0. The van der Waals surface area contributed by atoms with E-state index in [9.17, 15) is 14.7 Å². The highest BCUT2D eigenvalue weighted by molar-refractivity contribution is 8.00. The average molecular weight is 440 g/mol. The van der Waals surface area contributed by atoms with Crippen molar-refractivity contribution in [2.24, 2.45) is 0 Å². The third kappa shape index (κ3) is 5.35. The largest absolute Gasteiger partial charge is 0.396 e. The third-order valence-electron chi connectivity index (χ3n) is 5.38. The first kappa shape index (κ1) is 23.0. The lowest BCUT2D eigenvalue weighted by Crippen LogP contribution is -2.27. The molecular formula is C24H29N3O3S. The molecule has 0 aliphatic heterocycles. The van der Waals surface area contributed by atoms with Gasteiger partial charge < -0.3 is 10.4 Å². The van der Waals surface area contributed by atoms with Gasteiger partial charge in [-0.25, -0.2) is 4.98 Å². The van der Waals surface area contributed by atoms with Gasteiger partial charge in [-0.2, -0.15) is 0 Å². The molecule has 2 unspecified atom stereocenters. The number of para-hydroxylation sites is 2. The Morgan fingerprint density at radius 3 is 2.61 bits per heavy atom. The molecular weight excluding hydrogens is 410 g/mol. The predicted octanol–water partition coefficient (Wildman–Crippen LogP) is 4.41. The standard InChI is InChI=1S/C24H29N3O3S/c1-4-16(2)18-10-5-7-12-20(18)25-22(29)17(3)31-24-26-21-13-8-6-11-19(21)23(30)27(24)14-9-15-28/h5-8,10-13,16-17,28H,4,9,14-15H2,1-3H3,(H,25,29). The summed E-state index contributed by atoms with van der Waals surface area (Å²) < 4.78 is 1.56. The van der Waals surface area contributed by atoms with Crippen LogP contribution in [0, 0.1) is 0 Å². The van der Waals surface area contributed by atoms with Gasteiger partial charge in [0.25, 0.3) is 5.56 Å². The van der Waals surface area contributed by atoms with Gasteiger partial charge in [-0.1, -0.05) is 55.9 Å². The van der Waals surface area contributed by atoms with Crippen LogP contribution in [0.4, 0.5) is 5.69 Å². The van der Waals surface area contributed by atoms with Crippen LogP contribution in [0.3, 0.4) is 0 Å². The van der Waals surface area contributed by atoms with Crippen molar-refractivity contribution >= 4 is 34.3 Å². The Morgan fingerprint density at radius 1 is 1.16 bits per heavy atom. The fraction of sp³-hybridized carbons (Fsp3) is 0.375. The maximum atomic E-state index is 13.0. The number of carbonyl (C=O) groups excluding carboxylic acids is 1. The number of aromatic nitrogens is 2. The van der Waals surface area contributed by atoms with E-state index in [0.29, 0.717) is 34.9 Å². The number of nitrogens with zero attached hydrogens (tertiary/aromatic N) is 2. The first-order valence-electron chi connectivity index (χ1n) is 10.6. The SMILES string of the molecule is CCC(C)c1ccccc1NC(=O)C(C)Sc1nc2ccccc2c(=O)n1CCCO. The summed E-state index contributed by atoms with van der Waals surface area (Å²) in [7, 11) is 0. The number of hydrogen-bond acceptors (Lipinski definition) is 5. The molecule has 6 nitrogen and oxygen atoms in total. The van der Waals surface area contributed by atoms with Gasteiger partial charge in [-0.05, 0) is 49.4 Å². The zero-order chi connectivity index (χ0) is 22.4. The number of thioether (sulfide) groups is 1. The van der Waals surface area contributed by atoms with Crippen molar-refractivity contribution in [1.82, 2.24) is 9.55 Å². The van der Waals surface area contributed by atoms with Gasteiger partial charge in [-0.3, -0.25) is 14.2 Å². The molecule has 0 fully saturated rings. The van der Waals surface area contributed by atoms with Gasteiger partial charge in [0.1, 0.15) is 0 Å². The van der Waals surface area contributed by atoms with E-state index < -0.39 is 5.25 Å². The fourth-order valence-corrected chi connectivity index (χ4v) is 4.30. The van der Waals surface area contributed by atoms with Crippen LogP contribution < -0.4 is 10.9 Å². The fourth-order valence-electron chi connectivity index (χ4n) is 3.37. The highest BCUT2D eigenvalue weighted by Gasteiger charge is 2.21. The molecule has 0 aliphatic carbocycles. The van der Waals surface area contributed by atoms with Crippen LogP contribution in [0.15, 0.2) is 58.5 Å². The number of nitrogens with one attached hydrogen (secondary N) is 1. The lowest BCUT2D eigenvalue weighted by molar-refractivity contribution is -0.115. The van der Waals surface area contributed by atoms with E-state index in [-0.39, 0.29) is 18.1 Å². The maximum absolute atomic E-state index is 13.0. The van der Waals surface area contributed by atoms with E-state index in [0.717, 1.165) is 17.7 Å². The molecule has 0 aliphatic rings. The first-order valence-corrected chi connectivity index (χ1v) is 11.5. The highest BCUT2D eigenvalue weighted by atomic mass is 32.2. The average Bonchev–Trinajstić information content (AvgIpc) is 2.78. The van der Waals surface area contributed by atoms with E-state index >= 15 is 0 Å². The lowest BCUT2D eigenvalue weighted by Gasteiger charge is -2.19. The van der Waals surface area contributed by atoms with Gasteiger partial charge in [0.2, 0.25) is 5.91 Å². The van der Waals surface area contributed by atoms with Crippen LogP contribution in [0.2, 0.25) is 0 Å². The molecule has 1 amide bonds. The van der Waals surface area contributed by atoms with E-state index in [1.807, 2.05) is 37.3 Å². The van der Waals surface area contributed by atoms with E-state index in [1.54, 1.807) is 22.8 Å². The molecule has 1 heterocycles. The highest BCUT2D eigenvalue weighted by Crippen LogP contribution is 2.28. The Bertz CT molecular complexity index is 1110. The van der Waals surface area contributed by atoms with Crippen molar-refractivity contribution in [1.29, 1.82) is 0 Å². The van der Waals surface area contributed by atoms with Crippen LogP contribution in [0.1, 0.15) is 45.1 Å². The topological polar surface area (TPSA) is 84.2 Å². The summed E-state index contributed by atoms with van der Waals surface area (Å²) in [6.07, 6.45) is 1.42. The second kappa shape index (κ2) is 10.6. The van der Waals surface area contributed by atoms with E-state index in [4.69, 9.17) is 0 Å². The molecule has 1 aromatic heterocycles. The van der Waals surface area contributed by atoms with Crippen molar-refractivity contribution in [3.05, 3.63) is 64.4 Å². The predicted molar refractivity (Wildman–Crippen MR) is 127 cm³/mol. The van der Waals surface area contributed by atoms with Crippen molar-refractivity contribution in [2.75, 3.05) is 11.9 Å². The Balaban J connectivity index is 1.87. The lowest BCUT2D eigenvalue weighted by atomic mass is 9.97. The number of hydrogen-bond donors (Lipinski definition) is 2. The molecule has 3 aromatic rings. The van der Waals surface area contributed by atoms with Gasteiger partial charge >= 0.3 is 0 Å². The summed E-state index contributed by atoms with van der Waals surface area (Å²) in [5.41, 5.74) is 2.37. The van der Waals surface area contributed by atoms with Gasteiger partial charge in [0.15, 0.2) is 5.16 Å². The van der Waals surface area contributed by atoms with Crippen molar-refractivity contribution in [3.8, 4) is 0 Å². The Hall–Kier alpha value is -2.64. The number of aliphatic hydroxyl groups is 1. The molecule has 2 aromatic carbocycles. The number of anilines is 1. The molecule has 3 rings (SSSR count). The number of benzene rings is 2. The first-order chi connectivity index (χ1) is 15.0. The van der Waals surface area contributed by atoms with Crippen molar-refractivity contribution < 1.29 is 9.90 Å². The quantitative estimate of drug-likeness (QED) is 0.381. The third-order valence-corrected chi connectivity index (χ3v) is 6.47. The molecule has 164 valence electrons. The van der Waals surface area contributed by atoms with Gasteiger partial charge in [0, 0.05) is 18.8 Å². The number of fused-ring (bicyclic) bond motifs is 1. The molecule has 0 radical (unpaired) electrons. The molecule has 0 saturated carbocycles. The van der Waals surface area contributed by atoms with Crippen LogP contribution in [0.5, 0.6) is 0 Å². The minimum Gasteiger partial charge on any atom is -0.396 e. The Morgan fingerprint density at radius 2 is 1.87 bits per heavy atom. The molecule has 0 saturated heterocycles. The van der Waals surface area contributed by atoms with Crippen molar-refractivity contribution in [2.45, 2.75) is 56.5 Å². The molecule has 0 spiro atoms. The van der Waals surface area contributed by atoms with Crippen LogP contribution in [0.25, 0.3) is 10.9 Å². The summed E-state index contributed by atoms with van der Waals surface area (Å²) in [6.45, 7) is 6.40. The van der Waals surface area contributed by atoms with E-state index in [2.05, 4.69) is 24.1 Å². The second-order valence-corrected chi connectivity index (χ2v) is 8.90. The smallest absolute Gasteiger partial charge is 0.262 e. The molecule has 31 heavy (non-hydrogen) atoms. The van der Waals surface area contributed by atoms with E-state index in [1.165, 1.54) is 11.8 Å². The van der Waals surface area contributed by atoms with Crippen molar-refractivity contribution in [3.63, 3.8) is 0 Å². The normalized spacial score (nSPS) is 13.2. The summed E-state index contributed by atoms with van der Waals surface area (Å²) in [5.74, 6) is 0.196. The van der Waals surface area contributed by atoms with Gasteiger partial charge in [0.05, 0.1) is 16.2 Å². The summed E-state index contributed by atoms with van der Waals surface area (Å²) in [4.78, 5) is 30.6. The summed E-state index contributed by atoms with van der Waals surface area (Å²) in [5, 5.41) is 12.8. The number of rotatable bonds is 9. The molecule has 0 bridgehead atoms. The Labute approximate surface area is 186 Å². The number of amides is 1. The number of aliphatic hydroxyl groups excluding tert-OH is 1. The minimum atomic E-state index is -0.460. The zero-order valence-electron chi connectivity index (χ0n) is 18.2. The van der Waals surface area contributed by atoms with Crippen LogP contribution in [-0.2, 0) is 11.3 Å². The summed E-state index contributed by atoms with van der Waals surface area (Å²) >= 11 is 1.26. The molecule has 2 N–H and O–H groups in total. The molecule has 7 heteroatoms.